The molecular weight excluding hydrogens is 196 g/mol. The van der Waals surface area contributed by atoms with Crippen molar-refractivity contribution in [2.45, 2.75) is 18.2 Å². The summed E-state index contributed by atoms with van der Waals surface area (Å²) in [4.78, 5) is 11.3. The van der Waals surface area contributed by atoms with E-state index in [0.717, 1.165) is 11.1 Å². The first-order chi connectivity index (χ1) is 6.52. The van der Waals surface area contributed by atoms with E-state index in [1.807, 2.05) is 13.0 Å². The highest BCUT2D eigenvalue weighted by atomic mass is 32.1. The Bertz CT molecular complexity index is 383. The third-order valence-electron chi connectivity index (χ3n) is 1.84. The van der Waals surface area contributed by atoms with Crippen molar-refractivity contribution in [2.75, 3.05) is 0 Å². The van der Waals surface area contributed by atoms with Crippen molar-refractivity contribution in [1.29, 1.82) is 0 Å². The first kappa shape index (κ1) is 10.9. The number of carbonyl (C=O) groups is 1. The maximum Gasteiger partial charge on any atom is 0.336 e. The molecule has 0 unspecified atom stereocenters. The fourth-order valence-corrected chi connectivity index (χ4v) is 1.56. The number of rotatable bonds is 3. The topological polar surface area (TPSA) is 37.3 Å². The van der Waals surface area contributed by atoms with Crippen LogP contribution in [0, 0.1) is 0 Å². The first-order valence-electron chi connectivity index (χ1n) is 4.21. The van der Waals surface area contributed by atoms with Crippen LogP contribution in [0.5, 0.6) is 0 Å². The van der Waals surface area contributed by atoms with Crippen molar-refractivity contribution in [3.8, 4) is 0 Å². The summed E-state index contributed by atoms with van der Waals surface area (Å²) in [6.07, 6.45) is 0.667. The summed E-state index contributed by atoms with van der Waals surface area (Å²) in [6, 6.07) is 5.14. The molecule has 3 heteroatoms. The van der Waals surface area contributed by atoms with Crippen molar-refractivity contribution < 1.29 is 9.90 Å². The van der Waals surface area contributed by atoms with Gasteiger partial charge >= 0.3 is 5.97 Å². The molecule has 1 aromatic carbocycles. The molecule has 0 aliphatic carbocycles. The molecular formula is C11H12O2S. The monoisotopic (exact) mass is 208 g/mol. The molecule has 1 aromatic rings. The van der Waals surface area contributed by atoms with Crippen LogP contribution in [0.4, 0.5) is 0 Å². The zero-order valence-corrected chi connectivity index (χ0v) is 8.84. The van der Waals surface area contributed by atoms with Gasteiger partial charge in [-0.3, -0.25) is 0 Å². The van der Waals surface area contributed by atoms with Gasteiger partial charge in [0.05, 0.1) is 5.56 Å². The molecule has 0 saturated heterocycles. The van der Waals surface area contributed by atoms with Gasteiger partial charge in [0.15, 0.2) is 0 Å². The SMILES string of the molecule is C=C(C)Cc1cccc(C(=O)O)c1S. The number of thiol groups is 1. The van der Waals surface area contributed by atoms with E-state index in [9.17, 15) is 4.79 Å². The molecule has 0 spiro atoms. The van der Waals surface area contributed by atoms with Crippen molar-refractivity contribution in [2.24, 2.45) is 0 Å². The largest absolute Gasteiger partial charge is 0.478 e. The molecule has 0 bridgehead atoms. The molecule has 0 fully saturated rings. The van der Waals surface area contributed by atoms with Gasteiger partial charge in [0.2, 0.25) is 0 Å². The van der Waals surface area contributed by atoms with Crippen molar-refractivity contribution in [3.05, 3.63) is 41.5 Å². The van der Waals surface area contributed by atoms with Gasteiger partial charge in [-0.15, -0.1) is 12.6 Å². The molecule has 1 N–H and O–H groups in total. The predicted octanol–water partition coefficient (Wildman–Crippen LogP) is 2.79. The van der Waals surface area contributed by atoms with Crippen molar-refractivity contribution in [1.82, 2.24) is 0 Å². The fraction of sp³-hybridized carbons (Fsp3) is 0.182. The molecule has 0 aliphatic heterocycles. The Kier molecular flexibility index (Phi) is 3.36. The van der Waals surface area contributed by atoms with Crippen LogP contribution in [0.3, 0.4) is 0 Å². The van der Waals surface area contributed by atoms with E-state index in [2.05, 4.69) is 19.2 Å². The third-order valence-corrected chi connectivity index (χ3v) is 2.37. The van der Waals surface area contributed by atoms with E-state index in [-0.39, 0.29) is 5.56 Å². The van der Waals surface area contributed by atoms with E-state index >= 15 is 0 Å². The normalized spacial score (nSPS) is 9.86. The van der Waals surface area contributed by atoms with E-state index in [1.54, 1.807) is 12.1 Å². The number of aromatic carboxylic acids is 1. The molecule has 0 heterocycles. The van der Waals surface area contributed by atoms with E-state index in [4.69, 9.17) is 5.11 Å². The van der Waals surface area contributed by atoms with Crippen LogP contribution < -0.4 is 0 Å². The second-order valence-electron chi connectivity index (χ2n) is 3.25. The van der Waals surface area contributed by atoms with Crippen molar-refractivity contribution in [3.63, 3.8) is 0 Å². The van der Waals surface area contributed by atoms with E-state index < -0.39 is 5.97 Å². The number of carboxylic acids is 1. The summed E-state index contributed by atoms with van der Waals surface area (Å²) in [5, 5.41) is 8.85. The average molecular weight is 208 g/mol. The summed E-state index contributed by atoms with van der Waals surface area (Å²) < 4.78 is 0. The van der Waals surface area contributed by atoms with Crippen LogP contribution in [0.15, 0.2) is 35.2 Å². The van der Waals surface area contributed by atoms with Crippen LogP contribution in [0.25, 0.3) is 0 Å². The Morgan fingerprint density at radius 3 is 2.71 bits per heavy atom. The molecule has 2 nitrogen and oxygen atoms in total. The molecule has 1 rings (SSSR count). The Morgan fingerprint density at radius 2 is 2.21 bits per heavy atom. The van der Waals surface area contributed by atoms with Gasteiger partial charge in [-0.2, -0.15) is 0 Å². The van der Waals surface area contributed by atoms with E-state index in [0.29, 0.717) is 11.3 Å². The Balaban J connectivity index is 3.13. The number of allylic oxidation sites excluding steroid dienone is 1. The standard InChI is InChI=1S/C11H12O2S/c1-7(2)6-8-4-3-5-9(10(8)14)11(12)13/h3-5,14H,1,6H2,2H3,(H,12,13). The highest BCUT2D eigenvalue weighted by Crippen LogP contribution is 2.21. The van der Waals surface area contributed by atoms with Gasteiger partial charge < -0.3 is 5.11 Å². The fourth-order valence-electron chi connectivity index (χ4n) is 1.23. The molecule has 74 valence electrons. The maximum atomic E-state index is 10.8. The predicted molar refractivity (Wildman–Crippen MR) is 59.2 cm³/mol. The molecule has 0 saturated carbocycles. The zero-order chi connectivity index (χ0) is 10.7. The van der Waals surface area contributed by atoms with Gasteiger partial charge in [-0.05, 0) is 25.0 Å². The minimum atomic E-state index is -0.946. The molecule has 0 aromatic heterocycles. The van der Waals surface area contributed by atoms with Crippen LogP contribution in [-0.2, 0) is 6.42 Å². The van der Waals surface area contributed by atoms with Crippen LogP contribution in [0.2, 0.25) is 0 Å². The Morgan fingerprint density at radius 1 is 1.57 bits per heavy atom. The number of benzene rings is 1. The van der Waals surface area contributed by atoms with Crippen LogP contribution in [-0.4, -0.2) is 11.1 Å². The molecule has 0 amide bonds. The Hall–Kier alpha value is -1.22. The molecule has 0 radical (unpaired) electrons. The number of hydrogen-bond acceptors (Lipinski definition) is 2. The number of carboxylic acid groups (broad SMARTS) is 1. The van der Waals surface area contributed by atoms with Crippen LogP contribution >= 0.6 is 12.6 Å². The quantitative estimate of drug-likeness (QED) is 0.592. The highest BCUT2D eigenvalue weighted by Gasteiger charge is 2.10. The average Bonchev–Trinajstić information content (AvgIpc) is 2.07. The summed E-state index contributed by atoms with van der Waals surface area (Å²) >= 11 is 4.20. The smallest absolute Gasteiger partial charge is 0.336 e. The summed E-state index contributed by atoms with van der Waals surface area (Å²) in [7, 11) is 0. The third kappa shape index (κ3) is 2.39. The van der Waals surface area contributed by atoms with Crippen LogP contribution in [0.1, 0.15) is 22.8 Å². The van der Waals surface area contributed by atoms with E-state index in [1.165, 1.54) is 0 Å². The lowest BCUT2D eigenvalue weighted by Crippen LogP contribution is -2.00. The lowest BCUT2D eigenvalue weighted by molar-refractivity contribution is 0.0693. The molecule has 0 aliphatic rings. The minimum Gasteiger partial charge on any atom is -0.478 e. The lowest BCUT2D eigenvalue weighted by atomic mass is 10.0. The summed E-state index contributed by atoms with van der Waals surface area (Å²) in [5.41, 5.74) is 2.13. The first-order valence-corrected chi connectivity index (χ1v) is 4.65. The zero-order valence-electron chi connectivity index (χ0n) is 7.95. The lowest BCUT2D eigenvalue weighted by Gasteiger charge is -2.07. The molecule has 0 atom stereocenters. The molecule has 14 heavy (non-hydrogen) atoms. The van der Waals surface area contributed by atoms with Gasteiger partial charge in [0.25, 0.3) is 0 Å². The maximum absolute atomic E-state index is 10.8. The second kappa shape index (κ2) is 4.33. The Labute approximate surface area is 88.7 Å². The van der Waals surface area contributed by atoms with Crippen molar-refractivity contribution >= 4 is 18.6 Å². The van der Waals surface area contributed by atoms with Gasteiger partial charge in [0, 0.05) is 4.90 Å². The van der Waals surface area contributed by atoms with Gasteiger partial charge in [0.1, 0.15) is 0 Å². The minimum absolute atomic E-state index is 0.243. The number of hydrogen-bond donors (Lipinski definition) is 2. The summed E-state index contributed by atoms with van der Waals surface area (Å²) in [5.74, 6) is -0.946. The van der Waals surface area contributed by atoms with Gasteiger partial charge in [-0.1, -0.05) is 24.3 Å². The highest BCUT2D eigenvalue weighted by molar-refractivity contribution is 7.80. The summed E-state index contributed by atoms with van der Waals surface area (Å²) in [6.45, 7) is 5.69. The van der Waals surface area contributed by atoms with Gasteiger partial charge in [-0.25, -0.2) is 4.79 Å². The second-order valence-corrected chi connectivity index (χ2v) is 3.70.